The first-order valence-corrected chi connectivity index (χ1v) is 8.14. The summed E-state index contributed by atoms with van der Waals surface area (Å²) in [5.74, 6) is 0.735. The Hall–Kier alpha value is -2.53. The Morgan fingerprint density at radius 3 is 2.62 bits per heavy atom. The van der Waals surface area contributed by atoms with Crippen molar-refractivity contribution in [2.75, 3.05) is 6.61 Å². The Kier molecular flexibility index (Phi) is 4.71. The molecule has 5 heteroatoms. The average molecular weight is 326 g/mol. The minimum atomic E-state index is -0.765. The molecule has 0 aliphatic carbocycles. The third-order valence-electron chi connectivity index (χ3n) is 4.19. The normalized spacial score (nSPS) is 12.5. The minimum absolute atomic E-state index is 0.136. The van der Waals surface area contributed by atoms with E-state index >= 15 is 0 Å². The second-order valence-corrected chi connectivity index (χ2v) is 5.91. The highest BCUT2D eigenvalue weighted by Gasteiger charge is 2.14. The van der Waals surface area contributed by atoms with Crippen LogP contribution in [0.25, 0.3) is 11.0 Å². The van der Waals surface area contributed by atoms with E-state index in [-0.39, 0.29) is 18.8 Å². The fraction of sp³-hybridized carbons (Fsp3) is 0.316. The molecule has 3 rings (SSSR count). The number of imidazole rings is 1. The molecule has 0 saturated carbocycles. The largest absolute Gasteiger partial charge is 0.491 e. The molecular formula is C19H22N2O3. The number of aryl methyl sites for hydroxylation is 2. The van der Waals surface area contributed by atoms with Crippen LogP contribution in [0.15, 0.2) is 53.3 Å². The molecule has 3 aromatic rings. The molecule has 0 saturated heterocycles. The molecule has 24 heavy (non-hydrogen) atoms. The molecule has 0 spiro atoms. The van der Waals surface area contributed by atoms with E-state index in [4.69, 9.17) is 4.74 Å². The number of benzene rings is 2. The van der Waals surface area contributed by atoms with E-state index in [2.05, 4.69) is 6.92 Å². The molecule has 0 radical (unpaired) electrons. The highest BCUT2D eigenvalue weighted by Crippen LogP contribution is 2.15. The first kappa shape index (κ1) is 16.3. The van der Waals surface area contributed by atoms with Crippen LogP contribution in [-0.4, -0.2) is 27.0 Å². The van der Waals surface area contributed by atoms with Crippen molar-refractivity contribution in [1.82, 2.24) is 9.13 Å². The number of para-hydroxylation sites is 2. The van der Waals surface area contributed by atoms with Crippen molar-refractivity contribution in [2.45, 2.75) is 26.0 Å². The number of aromatic nitrogens is 2. The number of fused-ring (bicyclic) bond motifs is 1. The molecule has 1 unspecified atom stereocenters. The van der Waals surface area contributed by atoms with Crippen LogP contribution in [0.1, 0.15) is 12.5 Å². The van der Waals surface area contributed by atoms with Crippen molar-refractivity contribution in [2.24, 2.45) is 7.05 Å². The van der Waals surface area contributed by atoms with Crippen molar-refractivity contribution in [1.29, 1.82) is 0 Å². The van der Waals surface area contributed by atoms with Gasteiger partial charge in [-0.15, -0.1) is 0 Å². The quantitative estimate of drug-likeness (QED) is 0.756. The smallest absolute Gasteiger partial charge is 0.328 e. The van der Waals surface area contributed by atoms with E-state index in [1.165, 1.54) is 5.56 Å². The molecule has 0 aliphatic heterocycles. The predicted molar refractivity (Wildman–Crippen MR) is 94.5 cm³/mol. The van der Waals surface area contributed by atoms with Gasteiger partial charge in [-0.05, 0) is 36.2 Å². The van der Waals surface area contributed by atoms with Gasteiger partial charge in [0.15, 0.2) is 0 Å². The van der Waals surface area contributed by atoms with Crippen molar-refractivity contribution in [3.8, 4) is 5.75 Å². The average Bonchev–Trinajstić information content (AvgIpc) is 2.85. The van der Waals surface area contributed by atoms with Crippen LogP contribution >= 0.6 is 0 Å². The molecule has 0 bridgehead atoms. The second-order valence-electron chi connectivity index (χ2n) is 5.91. The Labute approximate surface area is 140 Å². The number of hydrogen-bond donors (Lipinski definition) is 1. The summed E-state index contributed by atoms with van der Waals surface area (Å²) in [5.41, 5.74) is 2.72. The maximum Gasteiger partial charge on any atom is 0.328 e. The molecule has 0 fully saturated rings. The van der Waals surface area contributed by atoms with Gasteiger partial charge < -0.3 is 9.84 Å². The molecule has 1 aromatic heterocycles. The zero-order chi connectivity index (χ0) is 17.1. The number of hydrogen-bond acceptors (Lipinski definition) is 3. The molecule has 5 nitrogen and oxygen atoms in total. The van der Waals surface area contributed by atoms with Crippen LogP contribution in [-0.2, 0) is 20.0 Å². The Bertz CT molecular complexity index is 895. The van der Waals surface area contributed by atoms with Crippen LogP contribution < -0.4 is 10.4 Å². The Balaban J connectivity index is 1.72. The molecule has 0 amide bonds. The summed E-state index contributed by atoms with van der Waals surface area (Å²) >= 11 is 0. The van der Waals surface area contributed by atoms with Gasteiger partial charge in [-0.3, -0.25) is 9.13 Å². The van der Waals surface area contributed by atoms with E-state index in [1.807, 2.05) is 48.5 Å². The van der Waals surface area contributed by atoms with Gasteiger partial charge >= 0.3 is 5.69 Å². The summed E-state index contributed by atoms with van der Waals surface area (Å²) in [5, 5.41) is 10.3. The van der Waals surface area contributed by atoms with E-state index in [0.717, 1.165) is 23.2 Å². The van der Waals surface area contributed by atoms with Gasteiger partial charge in [0.2, 0.25) is 0 Å². The lowest BCUT2D eigenvalue weighted by molar-refractivity contribution is 0.0925. The Morgan fingerprint density at radius 1 is 1.12 bits per heavy atom. The van der Waals surface area contributed by atoms with E-state index < -0.39 is 6.10 Å². The lowest BCUT2D eigenvalue weighted by atomic mass is 10.2. The van der Waals surface area contributed by atoms with Crippen molar-refractivity contribution < 1.29 is 9.84 Å². The summed E-state index contributed by atoms with van der Waals surface area (Å²) in [6, 6.07) is 15.4. The Morgan fingerprint density at radius 2 is 1.88 bits per heavy atom. The summed E-state index contributed by atoms with van der Waals surface area (Å²) in [4.78, 5) is 12.4. The SMILES string of the molecule is CCc1cccc(OCC(O)Cn2c(=O)n(C)c3ccccc32)c1. The molecule has 2 aromatic carbocycles. The lowest BCUT2D eigenvalue weighted by Gasteiger charge is -2.13. The van der Waals surface area contributed by atoms with Gasteiger partial charge in [0, 0.05) is 7.05 Å². The molecule has 1 N–H and O–H groups in total. The van der Waals surface area contributed by atoms with E-state index in [1.54, 1.807) is 16.2 Å². The first-order valence-electron chi connectivity index (χ1n) is 8.14. The number of rotatable bonds is 6. The van der Waals surface area contributed by atoms with Gasteiger partial charge in [-0.1, -0.05) is 31.2 Å². The number of aliphatic hydroxyl groups is 1. The minimum Gasteiger partial charge on any atom is -0.491 e. The zero-order valence-electron chi connectivity index (χ0n) is 14.0. The third kappa shape index (κ3) is 3.21. The number of ether oxygens (including phenoxy) is 1. The summed E-state index contributed by atoms with van der Waals surface area (Å²) in [6.07, 6.45) is 0.171. The van der Waals surface area contributed by atoms with Crippen LogP contribution in [0.3, 0.4) is 0 Å². The van der Waals surface area contributed by atoms with Crippen molar-refractivity contribution >= 4 is 11.0 Å². The summed E-state index contributed by atoms with van der Waals surface area (Å²) < 4.78 is 8.85. The van der Waals surface area contributed by atoms with Crippen LogP contribution in [0.2, 0.25) is 0 Å². The molecule has 0 aliphatic rings. The van der Waals surface area contributed by atoms with Crippen molar-refractivity contribution in [3.05, 3.63) is 64.6 Å². The second kappa shape index (κ2) is 6.93. The third-order valence-corrected chi connectivity index (χ3v) is 4.19. The fourth-order valence-electron chi connectivity index (χ4n) is 2.85. The molecule has 1 atom stereocenters. The van der Waals surface area contributed by atoms with Gasteiger partial charge in [-0.2, -0.15) is 0 Å². The predicted octanol–water partition coefficient (Wildman–Crippen LogP) is 2.34. The number of nitrogens with zero attached hydrogens (tertiary/aromatic N) is 2. The van der Waals surface area contributed by atoms with Crippen LogP contribution in [0, 0.1) is 0 Å². The topological polar surface area (TPSA) is 56.4 Å². The van der Waals surface area contributed by atoms with Gasteiger partial charge in [-0.25, -0.2) is 4.79 Å². The monoisotopic (exact) mass is 326 g/mol. The van der Waals surface area contributed by atoms with Crippen LogP contribution in [0.5, 0.6) is 5.75 Å². The van der Waals surface area contributed by atoms with Gasteiger partial charge in [0.1, 0.15) is 18.5 Å². The summed E-state index contributed by atoms with van der Waals surface area (Å²) in [7, 11) is 1.74. The molecular weight excluding hydrogens is 304 g/mol. The highest BCUT2D eigenvalue weighted by atomic mass is 16.5. The first-order chi connectivity index (χ1) is 11.6. The van der Waals surface area contributed by atoms with Crippen LogP contribution in [0.4, 0.5) is 0 Å². The highest BCUT2D eigenvalue weighted by molar-refractivity contribution is 5.75. The van der Waals surface area contributed by atoms with Gasteiger partial charge in [0.05, 0.1) is 17.6 Å². The maximum absolute atomic E-state index is 12.4. The van der Waals surface area contributed by atoms with E-state index in [0.29, 0.717) is 0 Å². The fourth-order valence-corrected chi connectivity index (χ4v) is 2.85. The lowest BCUT2D eigenvalue weighted by Crippen LogP contribution is -2.30. The molecule has 1 heterocycles. The van der Waals surface area contributed by atoms with Gasteiger partial charge in [0.25, 0.3) is 0 Å². The standard InChI is InChI=1S/C19H22N2O3/c1-3-14-7-6-8-16(11-14)24-13-15(22)12-21-18-10-5-4-9-17(18)20(2)19(21)23/h4-11,15,22H,3,12-13H2,1-2H3. The number of aliphatic hydroxyl groups excluding tert-OH is 1. The van der Waals surface area contributed by atoms with Crippen molar-refractivity contribution in [3.63, 3.8) is 0 Å². The van der Waals surface area contributed by atoms with E-state index in [9.17, 15) is 9.90 Å². The maximum atomic E-state index is 12.4. The molecule has 126 valence electrons. The summed E-state index contributed by atoms with van der Waals surface area (Å²) in [6.45, 7) is 2.43. The zero-order valence-corrected chi connectivity index (χ0v) is 14.0.